The summed E-state index contributed by atoms with van der Waals surface area (Å²) in [5, 5.41) is 7.91. The van der Waals surface area contributed by atoms with Gasteiger partial charge in [0, 0.05) is 18.7 Å². The highest BCUT2D eigenvalue weighted by atomic mass is 16.5. The molecule has 2 saturated carbocycles. The number of hydrogen-bond acceptors (Lipinski definition) is 8. The average Bonchev–Trinajstić information content (AvgIpc) is 4.17. The third-order valence-electron chi connectivity index (χ3n) is 13.8. The molecule has 2 aromatic heterocycles. The zero-order chi connectivity index (χ0) is 42.7. The summed E-state index contributed by atoms with van der Waals surface area (Å²) in [7, 11) is 2.66. The number of carbonyl (C=O) groups is 4. The fourth-order valence-corrected chi connectivity index (χ4v) is 10.4. The monoisotopic (exact) mass is 840 g/mol. The summed E-state index contributed by atoms with van der Waals surface area (Å²) in [6.45, 7) is 1.25. The Morgan fingerprint density at radius 1 is 0.565 bits per heavy atom. The van der Waals surface area contributed by atoms with Crippen molar-refractivity contribution in [1.29, 1.82) is 0 Å². The smallest absolute Gasteiger partial charge is 0.407 e. The Hall–Kier alpha value is -6.18. The van der Waals surface area contributed by atoms with E-state index in [9.17, 15) is 19.2 Å². The average molecular weight is 841 g/mol. The molecule has 4 aliphatic rings. The van der Waals surface area contributed by atoms with Crippen molar-refractivity contribution in [3.05, 3.63) is 84.7 Å². The normalized spacial score (nSPS) is 20.4. The molecule has 2 saturated heterocycles. The first kappa shape index (κ1) is 41.2. The largest absolute Gasteiger partial charge is 0.453 e. The van der Waals surface area contributed by atoms with Crippen LogP contribution in [0.25, 0.3) is 44.4 Å². The molecule has 3 aromatic carbocycles. The number of hydrogen-bond donors (Lipinski definition) is 4. The van der Waals surface area contributed by atoms with Gasteiger partial charge in [-0.2, -0.15) is 0 Å². The quantitative estimate of drug-likeness (QED) is 0.103. The van der Waals surface area contributed by atoms with Crippen LogP contribution < -0.4 is 10.6 Å². The van der Waals surface area contributed by atoms with Gasteiger partial charge in [-0.05, 0) is 103 Å². The predicted molar refractivity (Wildman–Crippen MR) is 234 cm³/mol. The molecule has 14 nitrogen and oxygen atoms in total. The number of nitrogens with zero attached hydrogens (tertiary/aromatic N) is 4. The number of aromatic amines is 2. The lowest BCUT2D eigenvalue weighted by Crippen LogP contribution is -2.51. The highest BCUT2D eigenvalue weighted by Crippen LogP contribution is 2.38. The summed E-state index contributed by atoms with van der Waals surface area (Å²) in [5.74, 6) is 1.61. The van der Waals surface area contributed by atoms with E-state index >= 15 is 0 Å². The number of aromatic nitrogens is 4. The van der Waals surface area contributed by atoms with Gasteiger partial charge in [-0.1, -0.05) is 74.2 Å². The number of benzene rings is 3. The Morgan fingerprint density at radius 3 is 1.47 bits per heavy atom. The van der Waals surface area contributed by atoms with Crippen LogP contribution in [0.2, 0.25) is 0 Å². The third-order valence-corrected chi connectivity index (χ3v) is 13.8. The maximum atomic E-state index is 13.9. The Kier molecular flexibility index (Phi) is 12.0. The van der Waals surface area contributed by atoms with E-state index in [1.807, 2.05) is 22.2 Å². The van der Waals surface area contributed by atoms with Gasteiger partial charge in [0.1, 0.15) is 23.7 Å². The van der Waals surface area contributed by atoms with Gasteiger partial charge >= 0.3 is 12.2 Å². The van der Waals surface area contributed by atoms with Crippen molar-refractivity contribution in [2.24, 2.45) is 11.8 Å². The minimum absolute atomic E-state index is 0.0598. The zero-order valence-electron chi connectivity index (χ0n) is 35.5. The first-order chi connectivity index (χ1) is 30.3. The summed E-state index contributed by atoms with van der Waals surface area (Å²) in [5.41, 5.74) is 5.98. The molecule has 9 rings (SSSR count). The lowest BCUT2D eigenvalue weighted by molar-refractivity contribution is -0.136. The Bertz CT molecular complexity index is 2410. The van der Waals surface area contributed by atoms with Crippen LogP contribution in [0.5, 0.6) is 0 Å². The van der Waals surface area contributed by atoms with Gasteiger partial charge in [-0.25, -0.2) is 19.6 Å². The highest BCUT2D eigenvalue weighted by molar-refractivity contribution is 5.91. The van der Waals surface area contributed by atoms with Crippen LogP contribution in [0.3, 0.4) is 0 Å². The van der Waals surface area contributed by atoms with E-state index in [1.54, 1.807) is 0 Å². The van der Waals surface area contributed by atoms with Gasteiger partial charge in [0.15, 0.2) is 0 Å². The standard InChI is InChI=1S/C48H56N8O6/c1-61-47(59)53-41(31-9-3-4-10-31)45(57)55-23-7-13-39(55)43-49-27-37(51-43)30-17-15-29(16-18-30)33-19-20-35-26-36(22-21-34(35)25-33)38-28-50-44(52-38)40-14-8-24-56(40)46(58)42(54-48(60)62-2)32-11-5-6-12-32/h15-22,25-28,31-32,39-42H,3-14,23-24H2,1-2H3,(H,49,51)(H,50,52)(H,53,59)(H,54,60). The lowest BCUT2D eigenvalue weighted by atomic mass is 9.96. The number of carbonyl (C=O) groups excluding carboxylic acids is 4. The molecule has 4 unspecified atom stereocenters. The number of rotatable bonds is 11. The fraction of sp³-hybridized carbons (Fsp3) is 0.458. The molecule has 4 N–H and O–H groups in total. The molecule has 5 aromatic rings. The van der Waals surface area contributed by atoms with Crippen LogP contribution in [-0.2, 0) is 19.1 Å². The molecular weight excluding hydrogens is 785 g/mol. The van der Waals surface area contributed by atoms with Crippen molar-refractivity contribution in [3.8, 4) is 33.6 Å². The molecule has 4 amide bonds. The van der Waals surface area contributed by atoms with Crippen LogP contribution in [0, 0.1) is 11.8 Å². The molecular formula is C48H56N8O6. The second-order valence-corrected chi connectivity index (χ2v) is 17.4. The topological polar surface area (TPSA) is 175 Å². The number of imidazole rings is 2. The van der Waals surface area contributed by atoms with E-state index in [1.165, 1.54) is 14.2 Å². The molecule has 62 heavy (non-hydrogen) atoms. The van der Waals surface area contributed by atoms with Gasteiger partial charge in [0.2, 0.25) is 11.8 Å². The van der Waals surface area contributed by atoms with Gasteiger partial charge in [0.05, 0.1) is 50.1 Å². The highest BCUT2D eigenvalue weighted by Gasteiger charge is 2.42. The molecule has 2 aliphatic heterocycles. The van der Waals surface area contributed by atoms with E-state index in [0.717, 1.165) is 133 Å². The molecule has 0 radical (unpaired) electrons. The van der Waals surface area contributed by atoms with Crippen LogP contribution in [0.4, 0.5) is 9.59 Å². The Morgan fingerprint density at radius 2 is 0.984 bits per heavy atom. The number of fused-ring (bicyclic) bond motifs is 1. The number of ether oxygens (including phenoxy) is 2. The van der Waals surface area contributed by atoms with Crippen molar-refractivity contribution >= 4 is 34.8 Å². The van der Waals surface area contributed by atoms with Crippen molar-refractivity contribution < 1.29 is 28.7 Å². The van der Waals surface area contributed by atoms with E-state index < -0.39 is 24.3 Å². The summed E-state index contributed by atoms with van der Waals surface area (Å²) < 4.78 is 9.76. The molecule has 14 heteroatoms. The van der Waals surface area contributed by atoms with Crippen molar-refractivity contribution in [1.82, 2.24) is 40.4 Å². The van der Waals surface area contributed by atoms with Gasteiger partial charge in [-0.3, -0.25) is 9.59 Å². The number of amides is 4. The second-order valence-electron chi connectivity index (χ2n) is 17.4. The molecule has 0 bridgehead atoms. The van der Waals surface area contributed by atoms with Gasteiger partial charge in [-0.15, -0.1) is 0 Å². The van der Waals surface area contributed by atoms with E-state index in [2.05, 4.69) is 81.3 Å². The predicted octanol–water partition coefficient (Wildman–Crippen LogP) is 8.44. The SMILES string of the molecule is COC(=O)NC(C(=O)N1CCCC1c1ncc(-c2ccc(-c3ccc4cc(-c5cnc(C6CCCN6C(=O)C(NC(=O)OC)C6CCCC6)[nH]5)ccc4c3)cc2)[nH]1)C1CCCC1. The summed E-state index contributed by atoms with van der Waals surface area (Å²) in [6, 6.07) is 19.7. The summed E-state index contributed by atoms with van der Waals surface area (Å²) in [4.78, 5) is 72.6. The maximum Gasteiger partial charge on any atom is 0.407 e. The van der Waals surface area contributed by atoms with Gasteiger partial charge < -0.3 is 39.9 Å². The number of nitrogens with one attached hydrogen (secondary N) is 4. The fourth-order valence-electron chi connectivity index (χ4n) is 10.4. The molecule has 4 atom stereocenters. The number of methoxy groups -OCH3 is 2. The minimum atomic E-state index is -0.597. The van der Waals surface area contributed by atoms with E-state index in [-0.39, 0.29) is 35.7 Å². The van der Waals surface area contributed by atoms with Crippen LogP contribution in [0.15, 0.2) is 73.1 Å². The first-order valence-corrected chi connectivity index (χ1v) is 22.3. The third kappa shape index (κ3) is 8.38. The van der Waals surface area contributed by atoms with Crippen LogP contribution >= 0.6 is 0 Å². The second kappa shape index (κ2) is 18.0. The van der Waals surface area contributed by atoms with Crippen molar-refractivity contribution in [2.75, 3.05) is 27.3 Å². The molecule has 0 spiro atoms. The van der Waals surface area contributed by atoms with E-state index in [0.29, 0.717) is 13.1 Å². The van der Waals surface area contributed by atoms with Crippen LogP contribution in [0.1, 0.15) is 101 Å². The summed E-state index contributed by atoms with van der Waals surface area (Å²) in [6.07, 6.45) is 13.8. The van der Waals surface area contributed by atoms with Crippen molar-refractivity contribution in [2.45, 2.75) is 101 Å². The van der Waals surface area contributed by atoms with Crippen LogP contribution in [-0.4, -0.2) is 93.1 Å². The molecule has 2 aliphatic carbocycles. The first-order valence-electron chi connectivity index (χ1n) is 22.3. The summed E-state index contributed by atoms with van der Waals surface area (Å²) >= 11 is 0. The molecule has 324 valence electrons. The maximum absolute atomic E-state index is 13.9. The van der Waals surface area contributed by atoms with Crippen molar-refractivity contribution in [3.63, 3.8) is 0 Å². The minimum Gasteiger partial charge on any atom is -0.453 e. The number of alkyl carbamates (subject to hydrolysis) is 2. The lowest BCUT2D eigenvalue weighted by Gasteiger charge is -2.31. The Balaban J connectivity index is 0.864. The molecule has 4 fully saturated rings. The number of H-pyrrole nitrogens is 2. The van der Waals surface area contributed by atoms with Gasteiger partial charge in [0.25, 0.3) is 0 Å². The zero-order valence-corrected chi connectivity index (χ0v) is 35.5. The molecule has 4 heterocycles. The Labute approximate surface area is 361 Å². The number of likely N-dealkylation sites (tertiary alicyclic amines) is 2. The van der Waals surface area contributed by atoms with E-state index in [4.69, 9.17) is 19.4 Å².